The van der Waals surface area contributed by atoms with Crippen LogP contribution in [0.2, 0.25) is 5.02 Å². The van der Waals surface area contributed by atoms with Gasteiger partial charge in [0.15, 0.2) is 0 Å². The Hall–Kier alpha value is -2.43. The van der Waals surface area contributed by atoms with Gasteiger partial charge in [0.05, 0.1) is 5.69 Å². The third kappa shape index (κ3) is 4.70. The van der Waals surface area contributed by atoms with Crippen molar-refractivity contribution in [2.75, 3.05) is 31.5 Å². The minimum atomic E-state index is 0.668. The molecule has 0 spiro atoms. The molecule has 0 aliphatic carbocycles. The van der Waals surface area contributed by atoms with Crippen LogP contribution in [0.4, 0.5) is 5.95 Å². The van der Waals surface area contributed by atoms with E-state index in [1.165, 1.54) is 32.4 Å². The van der Waals surface area contributed by atoms with Crippen LogP contribution >= 0.6 is 11.6 Å². The molecule has 0 radical (unpaired) electrons. The number of hydrogen-bond donors (Lipinski definition) is 1. The zero-order valence-corrected chi connectivity index (χ0v) is 16.7. The number of piperidine rings is 1. The van der Waals surface area contributed by atoms with Gasteiger partial charge in [-0.15, -0.1) is 0 Å². The molecule has 4 nitrogen and oxygen atoms in total. The number of benzene rings is 2. The van der Waals surface area contributed by atoms with Crippen molar-refractivity contribution in [3.63, 3.8) is 0 Å². The van der Waals surface area contributed by atoms with Crippen molar-refractivity contribution in [1.29, 1.82) is 0 Å². The number of aromatic nitrogens is 2. The molecule has 0 atom stereocenters. The molecule has 1 aliphatic heterocycles. The van der Waals surface area contributed by atoms with Crippen LogP contribution in [0.5, 0.6) is 0 Å². The molecule has 0 saturated carbocycles. The number of halogens is 1. The van der Waals surface area contributed by atoms with Crippen LogP contribution in [-0.4, -0.2) is 41.0 Å². The Morgan fingerprint density at radius 2 is 1.64 bits per heavy atom. The van der Waals surface area contributed by atoms with E-state index < -0.39 is 0 Å². The monoisotopic (exact) mass is 392 g/mol. The Morgan fingerprint density at radius 1 is 0.893 bits per heavy atom. The molecule has 2 heterocycles. The number of rotatable bonds is 6. The van der Waals surface area contributed by atoms with Crippen molar-refractivity contribution in [3.8, 4) is 22.4 Å². The highest BCUT2D eigenvalue weighted by Crippen LogP contribution is 2.31. The first-order valence-corrected chi connectivity index (χ1v) is 10.3. The van der Waals surface area contributed by atoms with Crippen molar-refractivity contribution < 1.29 is 0 Å². The normalized spacial score (nSPS) is 14.8. The maximum Gasteiger partial charge on any atom is 0.223 e. The van der Waals surface area contributed by atoms with Crippen LogP contribution < -0.4 is 5.32 Å². The Labute approximate surface area is 171 Å². The van der Waals surface area contributed by atoms with Gasteiger partial charge in [-0.3, -0.25) is 0 Å². The van der Waals surface area contributed by atoms with Gasteiger partial charge in [0.25, 0.3) is 0 Å². The van der Waals surface area contributed by atoms with Crippen molar-refractivity contribution >= 4 is 17.5 Å². The number of hydrogen-bond acceptors (Lipinski definition) is 4. The molecule has 1 saturated heterocycles. The van der Waals surface area contributed by atoms with Gasteiger partial charge in [-0.05, 0) is 43.6 Å². The van der Waals surface area contributed by atoms with E-state index in [1.807, 2.05) is 48.7 Å². The highest BCUT2D eigenvalue weighted by atomic mass is 35.5. The highest BCUT2D eigenvalue weighted by molar-refractivity contribution is 6.30. The summed E-state index contributed by atoms with van der Waals surface area (Å²) in [6, 6.07) is 18.1. The van der Waals surface area contributed by atoms with Crippen LogP contribution in [0.25, 0.3) is 22.4 Å². The fourth-order valence-corrected chi connectivity index (χ4v) is 3.76. The molecule has 0 bridgehead atoms. The second-order valence-electron chi connectivity index (χ2n) is 7.16. The first-order valence-electron chi connectivity index (χ1n) is 9.94. The summed E-state index contributed by atoms with van der Waals surface area (Å²) in [4.78, 5) is 11.9. The largest absolute Gasteiger partial charge is 0.353 e. The van der Waals surface area contributed by atoms with Gasteiger partial charge in [0.1, 0.15) is 0 Å². The lowest BCUT2D eigenvalue weighted by Crippen LogP contribution is -2.33. The van der Waals surface area contributed by atoms with Gasteiger partial charge in [-0.2, -0.15) is 0 Å². The number of likely N-dealkylation sites (tertiary alicyclic amines) is 1. The van der Waals surface area contributed by atoms with Crippen molar-refractivity contribution in [2.24, 2.45) is 0 Å². The fourth-order valence-electron chi connectivity index (χ4n) is 3.63. The van der Waals surface area contributed by atoms with Crippen LogP contribution in [0.3, 0.4) is 0 Å². The number of nitrogens with zero attached hydrogens (tertiary/aromatic N) is 3. The maximum atomic E-state index is 6.08. The molecule has 1 aliphatic rings. The van der Waals surface area contributed by atoms with E-state index in [9.17, 15) is 0 Å². The lowest BCUT2D eigenvalue weighted by Gasteiger charge is -2.26. The minimum Gasteiger partial charge on any atom is -0.353 e. The van der Waals surface area contributed by atoms with Crippen LogP contribution in [0, 0.1) is 0 Å². The Bertz CT molecular complexity index is 890. The standard InChI is InChI=1S/C23H25ClN4/c24-20-11-9-19(10-12-20)22-21(18-7-3-1-4-8-18)17-26-23(27-22)25-13-16-28-14-5-2-6-15-28/h1,3-4,7-12,17H,2,5-6,13-16H2,(H,25,26,27). The van der Waals surface area contributed by atoms with E-state index in [-0.39, 0.29) is 0 Å². The van der Waals surface area contributed by atoms with Crippen molar-refractivity contribution in [3.05, 3.63) is 65.8 Å². The maximum absolute atomic E-state index is 6.08. The summed E-state index contributed by atoms with van der Waals surface area (Å²) in [5.41, 5.74) is 4.07. The van der Waals surface area contributed by atoms with Crippen LogP contribution in [-0.2, 0) is 0 Å². The third-order valence-corrected chi connectivity index (χ3v) is 5.40. The van der Waals surface area contributed by atoms with E-state index in [0.29, 0.717) is 5.95 Å². The zero-order valence-electron chi connectivity index (χ0n) is 15.9. The lowest BCUT2D eigenvalue weighted by atomic mass is 10.0. The summed E-state index contributed by atoms with van der Waals surface area (Å²) in [6.07, 6.45) is 5.89. The van der Waals surface area contributed by atoms with E-state index in [0.717, 1.165) is 40.5 Å². The van der Waals surface area contributed by atoms with Crippen molar-refractivity contribution in [2.45, 2.75) is 19.3 Å². The Kier molecular flexibility index (Phi) is 6.20. The SMILES string of the molecule is Clc1ccc(-c2nc(NCCN3CCCCC3)ncc2-c2ccccc2)cc1. The third-order valence-electron chi connectivity index (χ3n) is 5.15. The first-order chi connectivity index (χ1) is 13.8. The Balaban J connectivity index is 1.57. The average Bonchev–Trinajstić information content (AvgIpc) is 2.76. The topological polar surface area (TPSA) is 41.1 Å². The van der Waals surface area contributed by atoms with E-state index in [1.54, 1.807) is 0 Å². The summed E-state index contributed by atoms with van der Waals surface area (Å²) in [7, 11) is 0. The van der Waals surface area contributed by atoms with Gasteiger partial charge in [-0.25, -0.2) is 9.97 Å². The average molecular weight is 393 g/mol. The molecule has 5 heteroatoms. The molecule has 0 unspecified atom stereocenters. The quantitative estimate of drug-likeness (QED) is 0.612. The number of anilines is 1. The van der Waals surface area contributed by atoms with E-state index in [4.69, 9.17) is 16.6 Å². The molecular weight excluding hydrogens is 368 g/mol. The van der Waals surface area contributed by atoms with E-state index >= 15 is 0 Å². The fraction of sp³-hybridized carbons (Fsp3) is 0.304. The molecule has 1 aromatic heterocycles. The summed E-state index contributed by atoms with van der Waals surface area (Å²) in [5.74, 6) is 0.668. The molecule has 0 amide bonds. The predicted molar refractivity (Wildman–Crippen MR) is 117 cm³/mol. The summed E-state index contributed by atoms with van der Waals surface area (Å²) >= 11 is 6.08. The molecule has 1 fully saturated rings. The molecule has 4 rings (SSSR count). The van der Waals surface area contributed by atoms with Gasteiger partial charge in [-0.1, -0.05) is 60.5 Å². The summed E-state index contributed by atoms with van der Waals surface area (Å²) in [5, 5.41) is 4.12. The zero-order chi connectivity index (χ0) is 19.2. The van der Waals surface area contributed by atoms with Gasteiger partial charge >= 0.3 is 0 Å². The molecular formula is C23H25ClN4. The second kappa shape index (κ2) is 9.18. The van der Waals surface area contributed by atoms with Gasteiger partial charge in [0.2, 0.25) is 5.95 Å². The smallest absolute Gasteiger partial charge is 0.223 e. The van der Waals surface area contributed by atoms with Crippen LogP contribution in [0.1, 0.15) is 19.3 Å². The summed E-state index contributed by atoms with van der Waals surface area (Å²) in [6.45, 7) is 4.28. The predicted octanol–water partition coefficient (Wildman–Crippen LogP) is 5.36. The molecule has 2 aromatic carbocycles. The highest BCUT2D eigenvalue weighted by Gasteiger charge is 2.13. The Morgan fingerprint density at radius 3 is 2.39 bits per heavy atom. The first kappa shape index (κ1) is 18.9. The molecule has 144 valence electrons. The molecule has 3 aromatic rings. The minimum absolute atomic E-state index is 0.668. The molecule has 28 heavy (non-hydrogen) atoms. The van der Waals surface area contributed by atoms with Gasteiger partial charge < -0.3 is 10.2 Å². The number of nitrogens with one attached hydrogen (secondary N) is 1. The molecule has 1 N–H and O–H groups in total. The van der Waals surface area contributed by atoms with Crippen LogP contribution in [0.15, 0.2) is 60.8 Å². The van der Waals surface area contributed by atoms with E-state index in [2.05, 4.69) is 27.3 Å². The second-order valence-corrected chi connectivity index (χ2v) is 7.59. The lowest BCUT2D eigenvalue weighted by molar-refractivity contribution is 0.237. The van der Waals surface area contributed by atoms with Gasteiger partial charge in [0, 0.05) is 35.4 Å². The van der Waals surface area contributed by atoms with Crippen molar-refractivity contribution in [1.82, 2.24) is 14.9 Å². The summed E-state index contributed by atoms with van der Waals surface area (Å²) < 4.78 is 0.